The van der Waals surface area contributed by atoms with Gasteiger partial charge in [-0.2, -0.15) is 12.6 Å². The molecule has 0 radical (unpaired) electrons. The molecule has 396 valence electrons. The minimum absolute atomic E-state index is 0.0233. The number of amides is 7. The molecule has 0 aliphatic rings. The van der Waals surface area contributed by atoms with Gasteiger partial charge in [0, 0.05) is 25.0 Å². The number of nitrogens with one attached hydrogen (secondary N) is 7. The highest BCUT2D eigenvalue weighted by molar-refractivity contribution is 7.80. The minimum atomic E-state index is -1.92. The average molecular weight is 1040 g/mol. The standard InChI is InChI=1S/C50H66N8O14S/c1-5-28(4)42(58-46(67)35(24-31-16-18-32(59)19-17-31)53-43(64)33(51)22-29-12-8-6-9-13-29)49(70)56-38(26-73)47(68)54-36(23-30-14-10-7-11-15-30)45(66)57-41(27(2)3)48(69)52-34(20-21-39(60)61)44(65)55-37(50(71)72)25-40(62)63/h6-19,27-28,33-38,41-42,59,73H,5,20-26,51H2,1-4H3,(H,52,69)(H,53,64)(H,54,68)(H,55,65)(H,56,70)(H,57,66)(H,58,67)(H,60,61)(H,62,63)(H,71,72)/t28-,33-,34-,35-,36-,37-,38-,41-,42-/m0/s1. The lowest BCUT2D eigenvalue weighted by atomic mass is 9.96. The highest BCUT2D eigenvalue weighted by Gasteiger charge is 2.36. The normalized spacial score (nSPS) is 14.7. The second-order valence-corrected chi connectivity index (χ2v) is 18.2. The van der Waals surface area contributed by atoms with E-state index in [4.69, 9.17) is 10.8 Å². The van der Waals surface area contributed by atoms with E-state index < -0.39 is 139 Å². The van der Waals surface area contributed by atoms with Crippen LogP contribution in [0.1, 0.15) is 70.1 Å². The van der Waals surface area contributed by atoms with Crippen molar-refractivity contribution in [1.82, 2.24) is 37.2 Å². The van der Waals surface area contributed by atoms with Crippen LogP contribution in [-0.2, 0) is 67.2 Å². The number of aliphatic carboxylic acids is 3. The zero-order valence-corrected chi connectivity index (χ0v) is 41.8. The molecule has 23 heteroatoms. The monoisotopic (exact) mass is 1030 g/mol. The van der Waals surface area contributed by atoms with E-state index in [1.807, 2.05) is 11.4 Å². The fourth-order valence-electron chi connectivity index (χ4n) is 7.29. The number of phenolic OH excluding ortho intramolecular Hbond substituents is 1. The Morgan fingerprint density at radius 1 is 0.507 bits per heavy atom. The molecule has 0 aliphatic carbocycles. The van der Waals surface area contributed by atoms with Gasteiger partial charge in [0.05, 0.1) is 12.5 Å². The second-order valence-electron chi connectivity index (χ2n) is 17.8. The third kappa shape index (κ3) is 20.2. The van der Waals surface area contributed by atoms with Gasteiger partial charge in [0.15, 0.2) is 0 Å². The van der Waals surface area contributed by atoms with Gasteiger partial charge in [-0.1, -0.05) is 107 Å². The number of rotatable bonds is 30. The van der Waals surface area contributed by atoms with Crippen LogP contribution in [0.5, 0.6) is 5.75 Å². The van der Waals surface area contributed by atoms with Crippen LogP contribution in [0, 0.1) is 11.8 Å². The van der Waals surface area contributed by atoms with E-state index in [1.165, 1.54) is 12.1 Å². The first-order valence-corrected chi connectivity index (χ1v) is 24.2. The van der Waals surface area contributed by atoms with Crippen LogP contribution in [0.25, 0.3) is 0 Å². The quantitative estimate of drug-likeness (QED) is 0.0397. The summed E-state index contributed by atoms with van der Waals surface area (Å²) in [6, 6.07) is 12.0. The molecular formula is C50H66N8O14S. The summed E-state index contributed by atoms with van der Waals surface area (Å²) in [5.41, 5.74) is 8.18. The predicted octanol–water partition coefficient (Wildman–Crippen LogP) is 0.197. The molecule has 0 saturated heterocycles. The number of benzene rings is 3. The van der Waals surface area contributed by atoms with Gasteiger partial charge in [0.25, 0.3) is 0 Å². The summed E-state index contributed by atoms with van der Waals surface area (Å²) in [5, 5.41) is 55.3. The van der Waals surface area contributed by atoms with Crippen LogP contribution in [0.2, 0.25) is 0 Å². The molecule has 73 heavy (non-hydrogen) atoms. The number of carboxylic acid groups (broad SMARTS) is 3. The summed E-state index contributed by atoms with van der Waals surface area (Å²) in [6.45, 7) is 6.55. The zero-order valence-electron chi connectivity index (χ0n) is 40.9. The Bertz CT molecular complexity index is 2380. The van der Waals surface area contributed by atoms with Crippen LogP contribution in [0.3, 0.4) is 0 Å². The molecule has 7 amide bonds. The summed E-state index contributed by atoms with van der Waals surface area (Å²) in [6.07, 6.45) is -1.90. The molecule has 0 saturated carbocycles. The second kappa shape index (κ2) is 29.7. The maximum atomic E-state index is 14.2. The first-order valence-electron chi connectivity index (χ1n) is 23.5. The number of hydrogen-bond donors (Lipinski definition) is 13. The molecule has 0 fully saturated rings. The number of carbonyl (C=O) groups excluding carboxylic acids is 7. The lowest BCUT2D eigenvalue weighted by Crippen LogP contribution is -2.62. The van der Waals surface area contributed by atoms with Crippen molar-refractivity contribution in [3.05, 3.63) is 102 Å². The van der Waals surface area contributed by atoms with Crippen LogP contribution in [0.4, 0.5) is 0 Å². The summed E-state index contributed by atoms with van der Waals surface area (Å²) < 4.78 is 0. The van der Waals surface area contributed by atoms with Crippen molar-refractivity contribution in [2.45, 2.75) is 121 Å². The number of nitrogens with two attached hydrogens (primary N) is 1. The van der Waals surface area contributed by atoms with E-state index in [0.717, 1.165) is 5.56 Å². The molecule has 13 N–H and O–H groups in total. The predicted molar refractivity (Wildman–Crippen MR) is 268 cm³/mol. The van der Waals surface area contributed by atoms with Gasteiger partial charge in [0.2, 0.25) is 41.4 Å². The molecular weight excluding hydrogens is 969 g/mol. The Labute approximate surface area is 427 Å². The summed E-state index contributed by atoms with van der Waals surface area (Å²) >= 11 is 4.31. The van der Waals surface area contributed by atoms with E-state index in [9.17, 15) is 63.3 Å². The number of thiol groups is 1. The zero-order chi connectivity index (χ0) is 54.4. The lowest BCUT2D eigenvalue weighted by molar-refractivity contribution is -0.147. The first-order chi connectivity index (χ1) is 34.5. The van der Waals surface area contributed by atoms with E-state index in [-0.39, 0.29) is 30.8 Å². The van der Waals surface area contributed by atoms with Gasteiger partial charge >= 0.3 is 17.9 Å². The van der Waals surface area contributed by atoms with Crippen molar-refractivity contribution in [2.24, 2.45) is 17.6 Å². The molecule has 3 aromatic carbocycles. The van der Waals surface area contributed by atoms with E-state index >= 15 is 0 Å². The molecule has 0 bridgehead atoms. The van der Waals surface area contributed by atoms with Gasteiger partial charge in [0.1, 0.15) is 48.0 Å². The highest BCUT2D eigenvalue weighted by Crippen LogP contribution is 2.15. The van der Waals surface area contributed by atoms with Crippen LogP contribution in [-0.4, -0.2) is 134 Å². The number of hydrogen-bond acceptors (Lipinski definition) is 13. The van der Waals surface area contributed by atoms with Crippen molar-refractivity contribution >= 4 is 71.9 Å². The third-order valence-corrected chi connectivity index (χ3v) is 12.1. The van der Waals surface area contributed by atoms with Gasteiger partial charge in [-0.15, -0.1) is 0 Å². The number of phenols is 1. The van der Waals surface area contributed by atoms with Crippen molar-refractivity contribution in [3.8, 4) is 5.75 Å². The molecule has 22 nitrogen and oxygen atoms in total. The fourth-order valence-corrected chi connectivity index (χ4v) is 7.55. The van der Waals surface area contributed by atoms with Gasteiger partial charge in [-0.3, -0.25) is 43.2 Å². The van der Waals surface area contributed by atoms with E-state index in [2.05, 4.69) is 44.5 Å². The average Bonchev–Trinajstić information content (AvgIpc) is 3.34. The molecule has 9 atom stereocenters. The van der Waals surface area contributed by atoms with Crippen molar-refractivity contribution in [3.63, 3.8) is 0 Å². The Balaban J connectivity index is 1.86. The topological polar surface area (TPSA) is 362 Å². The van der Waals surface area contributed by atoms with Crippen molar-refractivity contribution in [1.29, 1.82) is 0 Å². The van der Waals surface area contributed by atoms with Crippen LogP contribution >= 0.6 is 12.6 Å². The summed E-state index contributed by atoms with van der Waals surface area (Å²) in [4.78, 5) is 131. The van der Waals surface area contributed by atoms with E-state index in [0.29, 0.717) is 17.5 Å². The number of aromatic hydroxyl groups is 1. The van der Waals surface area contributed by atoms with Gasteiger partial charge < -0.3 is 63.4 Å². The van der Waals surface area contributed by atoms with Crippen molar-refractivity contribution < 1.29 is 68.4 Å². The maximum Gasteiger partial charge on any atom is 0.326 e. The molecule has 0 aliphatic heterocycles. The first kappa shape index (κ1) is 59.8. The molecule has 0 heterocycles. The van der Waals surface area contributed by atoms with Gasteiger partial charge in [-0.05, 0) is 53.5 Å². The van der Waals surface area contributed by atoms with Crippen LogP contribution in [0.15, 0.2) is 84.9 Å². The highest BCUT2D eigenvalue weighted by atomic mass is 32.1. The van der Waals surface area contributed by atoms with E-state index in [1.54, 1.807) is 94.4 Å². The van der Waals surface area contributed by atoms with Crippen LogP contribution < -0.4 is 43.0 Å². The third-order valence-electron chi connectivity index (χ3n) is 11.7. The molecule has 0 aromatic heterocycles. The Morgan fingerprint density at radius 2 is 0.932 bits per heavy atom. The Kier molecular flexibility index (Phi) is 24.3. The molecule has 3 aromatic rings. The molecule has 0 spiro atoms. The summed E-state index contributed by atoms with van der Waals surface area (Å²) in [7, 11) is 0. The molecule has 3 rings (SSSR count). The molecule has 0 unspecified atom stereocenters. The fraction of sp³-hybridized carbons (Fsp3) is 0.440. The van der Waals surface area contributed by atoms with Gasteiger partial charge in [-0.25, -0.2) is 4.79 Å². The maximum absolute atomic E-state index is 14.2. The summed E-state index contributed by atoms with van der Waals surface area (Å²) in [5.74, 6) is -12.4. The Hall–Kier alpha value is -7.53. The smallest absolute Gasteiger partial charge is 0.326 e. The lowest BCUT2D eigenvalue weighted by Gasteiger charge is -2.29. The minimum Gasteiger partial charge on any atom is -0.508 e. The Morgan fingerprint density at radius 3 is 1.41 bits per heavy atom. The SMILES string of the molecule is CC[C@H](C)[C@H](NC(=O)[C@H](Cc1ccc(O)cc1)NC(=O)[C@@H](N)Cc1ccccc1)C(=O)N[C@@H](CS)C(=O)N[C@@H](Cc1ccccc1)C(=O)N[C@H](C(=O)N[C@@H](CCC(=O)O)C(=O)N[C@@H](CC(=O)O)C(=O)O)C(C)C. The van der Waals surface area contributed by atoms with Crippen molar-refractivity contribution in [2.75, 3.05) is 5.75 Å². The number of carbonyl (C=O) groups is 10. The largest absolute Gasteiger partial charge is 0.508 e. The number of carboxylic acids is 3.